The average Bonchev–Trinajstić information content (AvgIpc) is 2.57. The van der Waals surface area contributed by atoms with E-state index in [-0.39, 0.29) is 17.4 Å². The number of aromatic nitrogens is 2. The van der Waals surface area contributed by atoms with E-state index in [2.05, 4.69) is 5.10 Å². The van der Waals surface area contributed by atoms with Crippen molar-refractivity contribution in [2.24, 2.45) is 0 Å². The first-order chi connectivity index (χ1) is 11.1. The summed E-state index contributed by atoms with van der Waals surface area (Å²) in [6.45, 7) is 1.50. The molecule has 0 aliphatic rings. The fraction of sp³-hybridized carbons (Fsp3) is 0.118. The van der Waals surface area contributed by atoms with E-state index >= 15 is 0 Å². The van der Waals surface area contributed by atoms with Crippen molar-refractivity contribution in [2.75, 3.05) is 6.61 Å². The normalized spacial score (nSPS) is 10.7. The van der Waals surface area contributed by atoms with E-state index in [1.807, 2.05) is 19.1 Å². The molecule has 3 aromatic rings. The van der Waals surface area contributed by atoms with Gasteiger partial charge in [-0.1, -0.05) is 30.3 Å². The lowest BCUT2D eigenvalue weighted by Crippen LogP contribution is -2.37. The maximum Gasteiger partial charge on any atom is 0.286 e. The Bertz CT molecular complexity index is 1000. The van der Waals surface area contributed by atoms with Gasteiger partial charge in [0.2, 0.25) is 0 Å². The number of aryl methyl sites for hydroxylation is 1. The molecular weight excluding hydrogens is 296 g/mol. The highest BCUT2D eigenvalue weighted by molar-refractivity contribution is 5.85. The molecule has 0 spiro atoms. The zero-order valence-corrected chi connectivity index (χ0v) is 12.4. The van der Waals surface area contributed by atoms with Crippen LogP contribution in [0.15, 0.2) is 58.1 Å². The number of carbonyl (C=O) groups excluding carboxylic acids is 1. The molecule has 0 bridgehead atoms. The number of aromatic amines is 1. The smallest absolute Gasteiger partial charge is 0.286 e. The van der Waals surface area contributed by atoms with Gasteiger partial charge in [-0.2, -0.15) is 4.68 Å². The maximum absolute atomic E-state index is 12.3. The molecule has 23 heavy (non-hydrogen) atoms. The Hall–Kier alpha value is -3.15. The van der Waals surface area contributed by atoms with Gasteiger partial charge in [0, 0.05) is 0 Å². The number of rotatable bonds is 3. The quantitative estimate of drug-likeness (QED) is 0.798. The second-order valence-electron chi connectivity index (χ2n) is 5.07. The molecule has 2 aromatic carbocycles. The fourth-order valence-corrected chi connectivity index (χ4v) is 2.30. The van der Waals surface area contributed by atoms with Gasteiger partial charge in [-0.3, -0.25) is 19.5 Å². The number of nitrogens with one attached hydrogen (secondary N) is 1. The van der Waals surface area contributed by atoms with Crippen LogP contribution in [-0.4, -0.2) is 22.3 Å². The van der Waals surface area contributed by atoms with Crippen LogP contribution in [0.2, 0.25) is 0 Å². The van der Waals surface area contributed by atoms with Crippen LogP contribution in [0.1, 0.15) is 10.4 Å². The Morgan fingerprint density at radius 3 is 2.43 bits per heavy atom. The number of carbonyl (C=O) groups is 1. The molecule has 1 N–H and O–H groups in total. The van der Waals surface area contributed by atoms with Crippen molar-refractivity contribution in [1.29, 1.82) is 0 Å². The van der Waals surface area contributed by atoms with Gasteiger partial charge in [0.1, 0.15) is 5.75 Å². The molecule has 1 heterocycles. The van der Waals surface area contributed by atoms with Crippen molar-refractivity contribution < 1.29 is 9.53 Å². The molecule has 6 heteroatoms. The summed E-state index contributed by atoms with van der Waals surface area (Å²) in [5.41, 5.74) is -0.192. The summed E-state index contributed by atoms with van der Waals surface area (Å²) in [5.74, 6) is -0.0851. The van der Waals surface area contributed by atoms with E-state index in [0.29, 0.717) is 10.4 Å². The standard InChI is InChI=1S/C17H14N2O4/c1-11-6-2-5-9-14(11)23-10-15(20)19-17(22)13-8-4-3-7-12(13)16(21)18-19/h2-9H,10H2,1H3,(H,18,21). The molecule has 0 aliphatic heterocycles. The first kappa shape index (κ1) is 14.8. The highest BCUT2D eigenvalue weighted by Gasteiger charge is 2.13. The summed E-state index contributed by atoms with van der Waals surface area (Å²) in [4.78, 5) is 36.5. The van der Waals surface area contributed by atoms with Crippen molar-refractivity contribution in [2.45, 2.75) is 6.92 Å². The van der Waals surface area contributed by atoms with E-state index in [0.717, 1.165) is 5.56 Å². The molecule has 0 aliphatic carbocycles. The van der Waals surface area contributed by atoms with Gasteiger partial charge in [0.15, 0.2) is 6.61 Å². The van der Waals surface area contributed by atoms with E-state index in [9.17, 15) is 14.4 Å². The predicted octanol–water partition coefficient (Wildman–Crippen LogP) is 1.72. The fourth-order valence-electron chi connectivity index (χ4n) is 2.30. The molecule has 6 nitrogen and oxygen atoms in total. The topological polar surface area (TPSA) is 81.2 Å². The number of nitrogens with zero attached hydrogens (tertiary/aromatic N) is 1. The Morgan fingerprint density at radius 1 is 1.04 bits per heavy atom. The number of para-hydroxylation sites is 1. The van der Waals surface area contributed by atoms with E-state index in [1.165, 1.54) is 12.1 Å². The van der Waals surface area contributed by atoms with Crippen LogP contribution >= 0.6 is 0 Å². The van der Waals surface area contributed by atoms with Crippen molar-refractivity contribution in [1.82, 2.24) is 9.78 Å². The molecule has 0 fully saturated rings. The number of hydrogen-bond donors (Lipinski definition) is 1. The number of benzene rings is 2. The van der Waals surface area contributed by atoms with E-state index in [4.69, 9.17) is 4.74 Å². The van der Waals surface area contributed by atoms with Crippen LogP contribution < -0.4 is 15.9 Å². The van der Waals surface area contributed by atoms with Gasteiger partial charge < -0.3 is 4.74 Å². The molecule has 0 radical (unpaired) electrons. The SMILES string of the molecule is Cc1ccccc1OCC(=O)n1[nH]c(=O)c2ccccc2c1=O. The van der Waals surface area contributed by atoms with E-state index in [1.54, 1.807) is 24.3 Å². The first-order valence-electron chi connectivity index (χ1n) is 7.03. The minimum Gasteiger partial charge on any atom is -0.483 e. The van der Waals surface area contributed by atoms with Crippen molar-refractivity contribution in [3.63, 3.8) is 0 Å². The van der Waals surface area contributed by atoms with Crippen LogP contribution in [0.4, 0.5) is 0 Å². The molecule has 3 rings (SSSR count). The second kappa shape index (κ2) is 5.92. The van der Waals surface area contributed by atoms with Crippen LogP contribution in [0.5, 0.6) is 5.75 Å². The minimum atomic E-state index is -0.638. The molecule has 116 valence electrons. The molecule has 0 atom stereocenters. The van der Waals surface area contributed by atoms with Crippen LogP contribution in [-0.2, 0) is 0 Å². The molecule has 0 amide bonds. The molecule has 1 aromatic heterocycles. The number of hydrogen-bond acceptors (Lipinski definition) is 4. The molecule has 0 unspecified atom stereocenters. The summed E-state index contributed by atoms with van der Waals surface area (Å²) >= 11 is 0. The summed E-state index contributed by atoms with van der Waals surface area (Å²) in [6.07, 6.45) is 0. The van der Waals surface area contributed by atoms with Crippen molar-refractivity contribution in [3.05, 3.63) is 74.8 Å². The second-order valence-corrected chi connectivity index (χ2v) is 5.07. The third kappa shape index (κ3) is 2.78. The summed E-state index contributed by atoms with van der Waals surface area (Å²) in [5, 5.41) is 2.73. The maximum atomic E-state index is 12.3. The lowest BCUT2D eigenvalue weighted by atomic mass is 10.2. The first-order valence-corrected chi connectivity index (χ1v) is 7.03. The highest BCUT2D eigenvalue weighted by atomic mass is 16.5. The zero-order valence-electron chi connectivity index (χ0n) is 12.4. The molecular formula is C17H14N2O4. The van der Waals surface area contributed by atoms with Gasteiger partial charge >= 0.3 is 0 Å². The Kier molecular flexibility index (Phi) is 3.80. The number of H-pyrrole nitrogens is 1. The van der Waals surface area contributed by atoms with Gasteiger partial charge in [0.25, 0.3) is 17.0 Å². The average molecular weight is 310 g/mol. The van der Waals surface area contributed by atoms with Gasteiger partial charge in [0.05, 0.1) is 10.8 Å². The Balaban J connectivity index is 1.93. The third-order valence-electron chi connectivity index (χ3n) is 3.51. The summed E-state index contributed by atoms with van der Waals surface area (Å²) in [7, 11) is 0. The summed E-state index contributed by atoms with van der Waals surface area (Å²) in [6, 6.07) is 13.6. The lowest BCUT2D eigenvalue weighted by Gasteiger charge is -2.09. The van der Waals surface area contributed by atoms with Crippen molar-refractivity contribution in [3.8, 4) is 5.75 Å². The monoisotopic (exact) mass is 310 g/mol. The largest absolute Gasteiger partial charge is 0.483 e. The van der Waals surface area contributed by atoms with Gasteiger partial charge in [-0.15, -0.1) is 0 Å². The Labute approximate surface area is 130 Å². The number of fused-ring (bicyclic) bond motifs is 1. The third-order valence-corrected chi connectivity index (χ3v) is 3.51. The van der Waals surface area contributed by atoms with Crippen LogP contribution in [0.25, 0.3) is 10.8 Å². The molecule has 0 saturated carbocycles. The number of ether oxygens (including phenoxy) is 1. The van der Waals surface area contributed by atoms with Gasteiger partial charge in [-0.25, -0.2) is 0 Å². The van der Waals surface area contributed by atoms with E-state index < -0.39 is 17.0 Å². The highest BCUT2D eigenvalue weighted by Crippen LogP contribution is 2.15. The van der Waals surface area contributed by atoms with Gasteiger partial charge in [-0.05, 0) is 30.7 Å². The lowest BCUT2D eigenvalue weighted by molar-refractivity contribution is 0.0814. The van der Waals surface area contributed by atoms with Crippen LogP contribution in [0, 0.1) is 6.92 Å². The van der Waals surface area contributed by atoms with Crippen LogP contribution in [0.3, 0.4) is 0 Å². The zero-order chi connectivity index (χ0) is 16.4. The molecule has 0 saturated heterocycles. The van der Waals surface area contributed by atoms with Crippen molar-refractivity contribution >= 4 is 16.7 Å². The minimum absolute atomic E-state index is 0.195. The Morgan fingerprint density at radius 2 is 1.70 bits per heavy atom. The predicted molar refractivity (Wildman–Crippen MR) is 86.1 cm³/mol. The summed E-state index contributed by atoms with van der Waals surface area (Å²) < 4.78 is 6.13.